The first-order valence-electron chi connectivity index (χ1n) is 34.8. The van der Waals surface area contributed by atoms with E-state index in [1.54, 1.807) is 25.3 Å². The molecule has 0 fully saturated rings. The fraction of sp³-hybridized carbons (Fsp3) is 0.393. The van der Waals surface area contributed by atoms with Crippen molar-refractivity contribution in [3.63, 3.8) is 0 Å². The number of rotatable bonds is 12. The van der Waals surface area contributed by atoms with E-state index in [2.05, 4.69) is 224 Å². The normalized spacial score (nSPS) is 10.6. The van der Waals surface area contributed by atoms with E-state index >= 15 is 0 Å². The molecule has 0 unspecified atom stereocenters. The lowest BCUT2D eigenvalue weighted by atomic mass is 9.94. The maximum atomic E-state index is 12.8. The number of benzene rings is 9. The molecule has 540 valence electrons. The Bertz CT molecular complexity index is 3650. The van der Waals surface area contributed by atoms with Gasteiger partial charge in [-0.05, 0) is 238 Å². The van der Waals surface area contributed by atoms with Gasteiger partial charge >= 0.3 is 0 Å². The summed E-state index contributed by atoms with van der Waals surface area (Å²) in [5, 5.41) is 6.01. The molecule has 0 aliphatic carbocycles. The molecule has 0 atom stereocenters. The van der Waals surface area contributed by atoms with Crippen LogP contribution >= 0.6 is 92.8 Å². The maximum Gasteiger partial charge on any atom is 0.123 e. The SMILES string of the molecule is CC(C)Cc1ccccc1Cl.CC(C)c1c(Cl)cccc1Cl.CC(C)c1ccc(Cl)cc1Cl.CC(C)c1cccc(Cl)c1Cl.CCc1ccccc1C(C)C.COc1ccc(F)cc1C(C)C.Cc1ccc(Cl)cc1C(C)C.Cc1cccc(C)c1C(C)C.Cc1ccccc1C(C)C. The number of methoxy groups -OCH3 is 1. The second-order valence-electron chi connectivity index (χ2n) is 27.5. The Morgan fingerprint density at radius 2 is 0.717 bits per heavy atom. The number of hydrogen-bond acceptors (Lipinski definition) is 1. The van der Waals surface area contributed by atoms with Crippen molar-refractivity contribution in [2.75, 3.05) is 7.11 Å². The Morgan fingerprint density at radius 3 is 1.12 bits per heavy atom. The molecule has 0 bridgehead atoms. The molecule has 9 rings (SSSR count). The van der Waals surface area contributed by atoms with Crippen molar-refractivity contribution in [3.8, 4) is 5.75 Å². The standard InChI is InChI=1S/2C11H16.2C10H13Cl.C10H13FO.C10H14.3C9H10Cl2/c1-8(2)11-9(3)6-5-7-10(11)4;1-4-10-7-5-6-8-11(10)9(2)3;1-7(2)10-6-9(11)5-4-8(10)3;1-8(2)7-9-5-3-4-6-10(9)11;1-7(2)9-6-8(11)4-5-10(9)12-3;1-8(2)10-7-5-4-6-9(10)3;1-6(2)8-4-3-7(10)5-9(8)11;1-6(2)9-7(10)4-3-5-8(9)11;1-6(2)7-4-3-5-8(10)9(7)11/h5-8H,1-4H3;5-9H,4H2,1-3H3;4-7H,1-3H3;3-6,8H,7H2,1-2H3;4-7H,1-3H3;4-8H,1-3H3;3*3-6H,1-2H3. The fourth-order valence-electron chi connectivity index (χ4n) is 10.9. The number of hydrogen-bond donors (Lipinski definition) is 0. The molecule has 0 heterocycles. The van der Waals surface area contributed by atoms with E-state index in [4.69, 9.17) is 97.5 Å². The molecule has 0 aliphatic heterocycles. The predicted molar refractivity (Wildman–Crippen MR) is 444 cm³/mol. The van der Waals surface area contributed by atoms with Crippen molar-refractivity contribution in [1.82, 2.24) is 0 Å². The van der Waals surface area contributed by atoms with E-state index in [-0.39, 0.29) is 11.7 Å². The highest BCUT2D eigenvalue weighted by Gasteiger charge is 2.12. The lowest BCUT2D eigenvalue weighted by Crippen LogP contribution is -1.94. The highest BCUT2D eigenvalue weighted by molar-refractivity contribution is 6.42. The minimum absolute atomic E-state index is 0.209. The van der Waals surface area contributed by atoms with Gasteiger partial charge in [0.2, 0.25) is 0 Å². The van der Waals surface area contributed by atoms with Crippen molar-refractivity contribution in [3.05, 3.63) is 306 Å². The van der Waals surface area contributed by atoms with Gasteiger partial charge in [-0.2, -0.15) is 0 Å². The van der Waals surface area contributed by atoms with Crippen LogP contribution in [0.4, 0.5) is 4.39 Å². The third-order valence-electron chi connectivity index (χ3n) is 16.0. The van der Waals surface area contributed by atoms with E-state index in [1.165, 1.54) is 67.8 Å². The Balaban J connectivity index is 0.000000557. The molecule has 0 N–H and O–H groups in total. The molecule has 99 heavy (non-hydrogen) atoms. The molecule has 0 radical (unpaired) electrons. The number of aryl methyl sites for hydroxylation is 5. The summed E-state index contributed by atoms with van der Waals surface area (Å²) in [6.45, 7) is 49.6. The Hall–Kier alpha value is -4.97. The molecule has 0 spiro atoms. The van der Waals surface area contributed by atoms with E-state index < -0.39 is 0 Å². The Kier molecular flexibility index (Phi) is 45.4. The van der Waals surface area contributed by atoms with Gasteiger partial charge < -0.3 is 4.74 Å². The number of ether oxygens (including phenoxy) is 1. The van der Waals surface area contributed by atoms with Gasteiger partial charge in [-0.3, -0.25) is 0 Å². The predicted octanol–water partition coefficient (Wildman–Crippen LogP) is 32.5. The van der Waals surface area contributed by atoms with Gasteiger partial charge in [0, 0.05) is 30.1 Å². The van der Waals surface area contributed by atoms with E-state index in [1.807, 2.05) is 86.6 Å². The molecule has 0 aliphatic rings. The minimum Gasteiger partial charge on any atom is -0.496 e. The summed E-state index contributed by atoms with van der Waals surface area (Å²) in [4.78, 5) is 0. The summed E-state index contributed by atoms with van der Waals surface area (Å²) in [6, 6.07) is 59.3. The molecule has 0 saturated heterocycles. The monoisotopic (exact) mass is 1500 g/mol. The van der Waals surface area contributed by atoms with Crippen molar-refractivity contribution in [2.45, 2.75) is 219 Å². The summed E-state index contributed by atoms with van der Waals surface area (Å²) < 4.78 is 17.9. The maximum absolute atomic E-state index is 12.8. The average Bonchev–Trinajstić information content (AvgIpc) is 0.920. The Labute approximate surface area is 640 Å². The quantitative estimate of drug-likeness (QED) is 0.118. The first-order valence-corrected chi connectivity index (χ1v) is 37.8. The molecular weight excluding hydrogens is 1390 g/mol. The molecular formula is C89H115Cl8FO. The molecule has 9 aromatic carbocycles. The number of halogens is 9. The van der Waals surface area contributed by atoms with Crippen LogP contribution < -0.4 is 4.74 Å². The average molecular weight is 1500 g/mol. The van der Waals surface area contributed by atoms with Gasteiger partial charge in [0.05, 0.1) is 17.2 Å². The van der Waals surface area contributed by atoms with Crippen molar-refractivity contribution in [2.24, 2.45) is 5.92 Å². The summed E-state index contributed by atoms with van der Waals surface area (Å²) in [5.74, 6) is 5.31. The molecule has 0 saturated carbocycles. The third kappa shape index (κ3) is 34.7. The van der Waals surface area contributed by atoms with Crippen LogP contribution in [0.15, 0.2) is 182 Å². The summed E-state index contributed by atoms with van der Waals surface area (Å²) in [7, 11) is 1.60. The van der Waals surface area contributed by atoms with Crippen LogP contribution in [-0.2, 0) is 12.8 Å². The zero-order valence-electron chi connectivity index (χ0n) is 63.7. The van der Waals surface area contributed by atoms with Gasteiger partial charge in [-0.1, -0.05) is 340 Å². The van der Waals surface area contributed by atoms with Gasteiger partial charge in [-0.15, -0.1) is 0 Å². The largest absolute Gasteiger partial charge is 0.496 e. The van der Waals surface area contributed by atoms with Crippen LogP contribution in [-0.4, -0.2) is 7.11 Å². The van der Waals surface area contributed by atoms with Crippen LogP contribution in [0.2, 0.25) is 40.2 Å². The molecule has 9 aromatic rings. The first-order chi connectivity index (χ1) is 46.4. The first kappa shape index (κ1) is 92.0. The van der Waals surface area contributed by atoms with Crippen LogP contribution in [0, 0.1) is 39.4 Å². The zero-order chi connectivity index (χ0) is 75.4. The lowest BCUT2D eigenvalue weighted by Gasteiger charge is -2.12. The molecule has 0 amide bonds. The van der Waals surface area contributed by atoms with Gasteiger partial charge in [0.1, 0.15) is 11.6 Å². The van der Waals surface area contributed by atoms with Crippen molar-refractivity contribution < 1.29 is 9.13 Å². The highest BCUT2D eigenvalue weighted by Crippen LogP contribution is 2.33. The van der Waals surface area contributed by atoms with Crippen LogP contribution in [0.5, 0.6) is 5.75 Å². The summed E-state index contributed by atoms with van der Waals surface area (Å²) in [6.07, 6.45) is 2.22. The fourth-order valence-corrected chi connectivity index (χ4v) is 13.3. The molecule has 0 aromatic heterocycles. The van der Waals surface area contributed by atoms with Gasteiger partial charge in [0.15, 0.2) is 0 Å². The topological polar surface area (TPSA) is 9.23 Å². The van der Waals surface area contributed by atoms with Gasteiger partial charge in [0.25, 0.3) is 0 Å². The van der Waals surface area contributed by atoms with Crippen molar-refractivity contribution >= 4 is 92.8 Å². The van der Waals surface area contributed by atoms with Crippen LogP contribution in [0.3, 0.4) is 0 Å². The van der Waals surface area contributed by atoms with Crippen molar-refractivity contribution in [1.29, 1.82) is 0 Å². The van der Waals surface area contributed by atoms with E-state index in [9.17, 15) is 4.39 Å². The van der Waals surface area contributed by atoms with Crippen LogP contribution in [0.25, 0.3) is 0 Å². The third-order valence-corrected chi connectivity index (χ3v) is 18.7. The minimum atomic E-state index is -0.209. The molecule has 10 heteroatoms. The zero-order valence-corrected chi connectivity index (χ0v) is 69.8. The summed E-state index contributed by atoms with van der Waals surface area (Å²) >= 11 is 47.2. The molecule has 1 nitrogen and oxygen atoms in total. The van der Waals surface area contributed by atoms with Crippen LogP contribution in [0.1, 0.15) is 257 Å². The lowest BCUT2D eigenvalue weighted by molar-refractivity contribution is 0.406. The van der Waals surface area contributed by atoms with E-state index in [0.717, 1.165) is 66.0 Å². The highest BCUT2D eigenvalue weighted by atomic mass is 35.5. The smallest absolute Gasteiger partial charge is 0.123 e. The second kappa shape index (κ2) is 48.8. The summed E-state index contributed by atoms with van der Waals surface area (Å²) in [5.41, 5.74) is 18.3. The Morgan fingerprint density at radius 1 is 0.313 bits per heavy atom. The van der Waals surface area contributed by atoms with E-state index in [0.29, 0.717) is 62.4 Å². The second-order valence-corrected chi connectivity index (χ2v) is 30.8. The van der Waals surface area contributed by atoms with Gasteiger partial charge in [-0.25, -0.2) is 4.39 Å².